The van der Waals surface area contributed by atoms with Crippen molar-refractivity contribution in [3.8, 4) is 44.5 Å². The van der Waals surface area contributed by atoms with E-state index in [4.69, 9.17) is 8.83 Å². The van der Waals surface area contributed by atoms with Gasteiger partial charge in [0.25, 0.3) is 0 Å². The van der Waals surface area contributed by atoms with E-state index in [0.29, 0.717) is 0 Å². The summed E-state index contributed by atoms with van der Waals surface area (Å²) in [4.78, 5) is 2.41. The molecule has 0 radical (unpaired) electrons. The maximum absolute atomic E-state index is 7.35. The van der Waals surface area contributed by atoms with Crippen molar-refractivity contribution in [2.45, 2.75) is 24.7 Å². The SMILES string of the molecule is CC1(C)c2ccccc2-c2ccc(-c3c4oc5cc(N(c6cccc(-c7ccccc7)c6)c6ccc7c(c6)C(c6ccccc6)(c6ccccc6)c6ccccc6-7)ccc5c4cc4oc5ccccc5c34)cc21. The van der Waals surface area contributed by atoms with Crippen LogP contribution in [0.1, 0.15) is 47.2 Å². The number of nitrogens with zero attached hydrogens (tertiary/aromatic N) is 1. The molecule has 0 amide bonds. The van der Waals surface area contributed by atoms with E-state index in [0.717, 1.165) is 83.2 Å². The second-order valence-electron chi connectivity index (χ2n) is 20.3. The molecule has 0 N–H and O–H groups in total. The third kappa shape index (κ3) is 6.00. The molecule has 0 saturated carbocycles. The Kier molecular flexibility index (Phi) is 8.92. The molecule has 0 fully saturated rings. The summed E-state index contributed by atoms with van der Waals surface area (Å²) in [5.41, 5.74) is 22.9. The van der Waals surface area contributed by atoms with Crippen LogP contribution in [0.3, 0.4) is 0 Å². The molecular formula is C70H47NO2. The Balaban J connectivity index is 0.970. The summed E-state index contributed by atoms with van der Waals surface area (Å²) >= 11 is 0. The van der Waals surface area contributed by atoms with E-state index in [-0.39, 0.29) is 5.41 Å². The van der Waals surface area contributed by atoms with Gasteiger partial charge in [-0.2, -0.15) is 0 Å². The van der Waals surface area contributed by atoms with Crippen molar-refractivity contribution in [3.63, 3.8) is 0 Å². The fraction of sp³-hybridized carbons (Fsp3) is 0.0571. The topological polar surface area (TPSA) is 29.5 Å². The minimum Gasteiger partial charge on any atom is -0.456 e. The zero-order valence-corrected chi connectivity index (χ0v) is 40.4. The lowest BCUT2D eigenvalue weighted by molar-refractivity contribution is 0.660. The number of benzene rings is 11. The molecule has 0 aliphatic heterocycles. The normalized spacial score (nSPS) is 13.8. The number of hydrogen-bond acceptors (Lipinski definition) is 3. The summed E-state index contributed by atoms with van der Waals surface area (Å²) in [5, 5.41) is 4.19. The van der Waals surface area contributed by atoms with Gasteiger partial charge in [-0.25, -0.2) is 0 Å². The minimum atomic E-state index is -0.558. The van der Waals surface area contributed by atoms with Gasteiger partial charge in [0, 0.05) is 55.7 Å². The fourth-order valence-corrected chi connectivity index (χ4v) is 12.9. The Morgan fingerprint density at radius 2 is 0.918 bits per heavy atom. The first-order valence-electron chi connectivity index (χ1n) is 25.3. The van der Waals surface area contributed by atoms with Gasteiger partial charge in [0.05, 0.1) is 5.41 Å². The number of hydrogen-bond donors (Lipinski definition) is 0. The Bertz CT molecular complexity index is 4310. The Labute approximate surface area is 423 Å². The summed E-state index contributed by atoms with van der Waals surface area (Å²) in [6.45, 7) is 4.69. The molecule has 15 rings (SSSR count). The first-order valence-corrected chi connectivity index (χ1v) is 25.3. The summed E-state index contributed by atoms with van der Waals surface area (Å²) in [7, 11) is 0. The van der Waals surface area contributed by atoms with Crippen LogP contribution in [0.25, 0.3) is 88.4 Å². The highest BCUT2D eigenvalue weighted by Gasteiger charge is 2.46. The van der Waals surface area contributed by atoms with Gasteiger partial charge in [-0.3, -0.25) is 0 Å². The molecule has 0 atom stereocenters. The highest BCUT2D eigenvalue weighted by Crippen LogP contribution is 2.58. The third-order valence-electron chi connectivity index (χ3n) is 16.1. The van der Waals surface area contributed by atoms with Crippen molar-refractivity contribution >= 4 is 60.9 Å². The third-order valence-corrected chi connectivity index (χ3v) is 16.1. The summed E-state index contributed by atoms with van der Waals surface area (Å²) < 4.78 is 14.1. The summed E-state index contributed by atoms with van der Waals surface area (Å²) in [5.74, 6) is 0. The number of para-hydroxylation sites is 1. The lowest BCUT2D eigenvalue weighted by Crippen LogP contribution is -2.28. The lowest BCUT2D eigenvalue weighted by atomic mass is 9.67. The molecular weight excluding hydrogens is 887 g/mol. The van der Waals surface area contributed by atoms with E-state index >= 15 is 0 Å². The standard InChI is InChI=1S/C70H47NO2/c1-69(2)59-30-15-12-27-52(59)54-36-33-46(40-61(54)69)66-67-57-29-14-17-32-63(57)72-65(67)43-58-56-38-35-51(42-64(56)73-68(58)66)71(49-26-18-21-45(39-49)44-19-6-3-7-20-44)50-34-37-55-53-28-13-16-31-60(53)70(62(55)41-50,47-22-8-4-9-23-47)48-24-10-5-11-25-48/h3-43H,1-2H3. The van der Waals surface area contributed by atoms with Crippen LogP contribution < -0.4 is 4.90 Å². The molecule has 11 aromatic carbocycles. The van der Waals surface area contributed by atoms with Crippen molar-refractivity contribution < 1.29 is 8.83 Å². The molecule has 2 aromatic heterocycles. The van der Waals surface area contributed by atoms with Crippen LogP contribution in [0.2, 0.25) is 0 Å². The average molecular weight is 934 g/mol. The largest absolute Gasteiger partial charge is 0.456 e. The Morgan fingerprint density at radius 1 is 0.329 bits per heavy atom. The first-order chi connectivity index (χ1) is 35.9. The zero-order chi connectivity index (χ0) is 48.4. The van der Waals surface area contributed by atoms with Crippen molar-refractivity contribution in [1.82, 2.24) is 0 Å². The molecule has 0 saturated heterocycles. The molecule has 3 nitrogen and oxygen atoms in total. The molecule has 3 heteroatoms. The molecule has 2 aliphatic rings. The lowest BCUT2D eigenvalue weighted by Gasteiger charge is -2.35. The van der Waals surface area contributed by atoms with E-state index in [2.05, 4.69) is 261 Å². The Morgan fingerprint density at radius 3 is 1.70 bits per heavy atom. The van der Waals surface area contributed by atoms with E-state index in [1.165, 1.54) is 55.6 Å². The smallest absolute Gasteiger partial charge is 0.144 e. The van der Waals surface area contributed by atoms with Gasteiger partial charge in [0.1, 0.15) is 22.3 Å². The summed E-state index contributed by atoms with van der Waals surface area (Å²) in [6, 6.07) is 90.8. The van der Waals surface area contributed by atoms with Crippen LogP contribution in [0.4, 0.5) is 17.1 Å². The van der Waals surface area contributed by atoms with Gasteiger partial charge < -0.3 is 13.7 Å². The van der Waals surface area contributed by atoms with Crippen LogP contribution in [-0.4, -0.2) is 0 Å². The van der Waals surface area contributed by atoms with Crippen molar-refractivity contribution in [1.29, 1.82) is 0 Å². The average Bonchev–Trinajstić information content (AvgIpc) is 4.16. The van der Waals surface area contributed by atoms with Gasteiger partial charge in [-0.15, -0.1) is 0 Å². The van der Waals surface area contributed by atoms with E-state index in [1.807, 2.05) is 6.07 Å². The molecule has 0 spiro atoms. The Hall–Kier alpha value is -9.18. The fourth-order valence-electron chi connectivity index (χ4n) is 12.9. The van der Waals surface area contributed by atoms with Crippen molar-refractivity contribution in [2.24, 2.45) is 0 Å². The molecule has 344 valence electrons. The van der Waals surface area contributed by atoms with Gasteiger partial charge in [0.2, 0.25) is 0 Å². The second kappa shape index (κ2) is 15.7. The van der Waals surface area contributed by atoms with E-state index in [9.17, 15) is 0 Å². The molecule has 2 aliphatic carbocycles. The number of fused-ring (bicyclic) bond motifs is 12. The first kappa shape index (κ1) is 41.6. The summed E-state index contributed by atoms with van der Waals surface area (Å²) in [6.07, 6.45) is 0. The minimum absolute atomic E-state index is 0.167. The maximum Gasteiger partial charge on any atom is 0.144 e. The van der Waals surface area contributed by atoms with Crippen LogP contribution >= 0.6 is 0 Å². The monoisotopic (exact) mass is 933 g/mol. The number of furan rings is 2. The predicted octanol–water partition coefficient (Wildman–Crippen LogP) is 19.0. The van der Waals surface area contributed by atoms with Crippen LogP contribution in [0.5, 0.6) is 0 Å². The molecule has 73 heavy (non-hydrogen) atoms. The van der Waals surface area contributed by atoms with Gasteiger partial charge in [-0.05, 0) is 127 Å². The van der Waals surface area contributed by atoms with Crippen molar-refractivity contribution in [3.05, 3.63) is 282 Å². The molecule has 0 unspecified atom stereocenters. The second-order valence-corrected chi connectivity index (χ2v) is 20.3. The highest BCUT2D eigenvalue weighted by atomic mass is 16.3. The molecule has 2 heterocycles. The maximum atomic E-state index is 7.35. The zero-order valence-electron chi connectivity index (χ0n) is 40.4. The highest BCUT2D eigenvalue weighted by molar-refractivity contribution is 6.24. The van der Waals surface area contributed by atoms with E-state index in [1.54, 1.807) is 0 Å². The molecule has 0 bridgehead atoms. The van der Waals surface area contributed by atoms with Crippen LogP contribution in [0, 0.1) is 0 Å². The predicted molar refractivity (Wildman–Crippen MR) is 301 cm³/mol. The van der Waals surface area contributed by atoms with Crippen LogP contribution in [0.15, 0.2) is 258 Å². The van der Waals surface area contributed by atoms with Gasteiger partial charge in [0.15, 0.2) is 0 Å². The van der Waals surface area contributed by atoms with Gasteiger partial charge in [-0.1, -0.05) is 202 Å². The van der Waals surface area contributed by atoms with E-state index < -0.39 is 5.41 Å². The van der Waals surface area contributed by atoms with Gasteiger partial charge >= 0.3 is 0 Å². The van der Waals surface area contributed by atoms with Crippen molar-refractivity contribution in [2.75, 3.05) is 4.90 Å². The molecule has 13 aromatic rings. The number of rotatable bonds is 7. The van der Waals surface area contributed by atoms with Crippen LogP contribution in [-0.2, 0) is 10.8 Å². The number of anilines is 3. The quantitative estimate of drug-likeness (QED) is 0.159.